The predicted molar refractivity (Wildman–Crippen MR) is 186 cm³/mol. The maximum atomic E-state index is 13.8. The van der Waals surface area contributed by atoms with Gasteiger partial charge in [0.25, 0.3) is 5.91 Å². The number of benzene rings is 1. The Morgan fingerprint density at radius 2 is 1.69 bits per heavy atom. The molecule has 51 heavy (non-hydrogen) atoms. The number of alkyl carbamates (subject to hydrolysis) is 1. The minimum Gasteiger partial charge on any atom is -0.444 e. The molecule has 4 atom stereocenters. The largest absolute Gasteiger partial charge is 0.471 e. The van der Waals surface area contributed by atoms with Gasteiger partial charge in [-0.25, -0.2) is 22.9 Å². The molecule has 3 N–H and O–H groups in total. The minimum atomic E-state index is -5.09. The first-order chi connectivity index (χ1) is 23.5. The first kappa shape index (κ1) is 43.1. The predicted octanol–water partition coefficient (Wildman–Crippen LogP) is 5.71. The van der Waals surface area contributed by atoms with E-state index in [1.54, 1.807) is 47.0 Å². The van der Waals surface area contributed by atoms with E-state index in [0.29, 0.717) is 17.0 Å². The highest BCUT2D eigenvalue weighted by Crippen LogP contribution is 2.30. The topological polar surface area (TPSA) is 173 Å². The SMILES string of the molecule is C=C(C)[C@@H](C[C@@H](OCC)c1nc(C(=O)NS(=O)(=O)Cc2ccc(NC(=O)C(F)(F)F)cc2)cs1)N(C)C(=O)[C@@H](NC(=O)OC(C)(C)C)[C@@H](C)CC. The summed E-state index contributed by atoms with van der Waals surface area (Å²) in [5, 5.41) is 6.06. The molecule has 2 aromatic rings. The first-order valence-corrected chi connectivity index (χ1v) is 18.5. The monoisotopic (exact) mass is 761 g/mol. The number of amides is 4. The van der Waals surface area contributed by atoms with Crippen molar-refractivity contribution < 1.29 is 50.2 Å². The standard InChI is InChI=1S/C33H46F3N5O8S2/c1-10-20(5)26(39-31(45)49-32(6,7)8)29(43)41(9)24(19(3)4)16-25(48-11-2)28-38-23(17-50-28)27(42)40-51(46,47)18-21-12-14-22(15-13-21)37-30(44)33(34,35)36/h12-15,17,20,24-26H,3,10-11,16,18H2,1-2,4-9H3,(H,37,44)(H,39,45)(H,40,42)/t20-,24+,25+,26-/m0/s1. The number of likely N-dealkylation sites (N-methyl/N-ethyl adjacent to an activating group) is 1. The van der Waals surface area contributed by atoms with Gasteiger partial charge in [0.15, 0.2) is 0 Å². The number of anilines is 1. The van der Waals surface area contributed by atoms with Crippen molar-refractivity contribution in [3.8, 4) is 0 Å². The van der Waals surface area contributed by atoms with Gasteiger partial charge in [0.2, 0.25) is 15.9 Å². The van der Waals surface area contributed by atoms with Gasteiger partial charge in [0.05, 0.1) is 11.8 Å². The summed E-state index contributed by atoms with van der Waals surface area (Å²) >= 11 is 1.05. The van der Waals surface area contributed by atoms with Gasteiger partial charge in [-0.15, -0.1) is 11.3 Å². The fourth-order valence-corrected chi connectivity index (χ4v) is 6.65. The second-order valence-electron chi connectivity index (χ2n) is 12.9. The number of alkyl halides is 3. The van der Waals surface area contributed by atoms with Crippen LogP contribution >= 0.6 is 11.3 Å². The molecule has 0 radical (unpaired) electrons. The van der Waals surface area contributed by atoms with Gasteiger partial charge in [-0.05, 0) is 58.2 Å². The molecule has 0 aliphatic rings. The quantitative estimate of drug-likeness (QED) is 0.181. The molecule has 0 fully saturated rings. The average molecular weight is 762 g/mol. The van der Waals surface area contributed by atoms with Gasteiger partial charge in [0.1, 0.15) is 28.4 Å². The van der Waals surface area contributed by atoms with Crippen LogP contribution in [0.15, 0.2) is 41.8 Å². The third kappa shape index (κ3) is 13.6. The van der Waals surface area contributed by atoms with Crippen LogP contribution in [0.3, 0.4) is 0 Å². The molecule has 0 bridgehead atoms. The summed E-state index contributed by atoms with van der Waals surface area (Å²) in [6.07, 6.45) is -5.77. The lowest BCUT2D eigenvalue weighted by Crippen LogP contribution is -2.54. The van der Waals surface area contributed by atoms with E-state index in [4.69, 9.17) is 9.47 Å². The van der Waals surface area contributed by atoms with E-state index in [0.717, 1.165) is 23.5 Å². The van der Waals surface area contributed by atoms with Crippen LogP contribution < -0.4 is 15.4 Å². The summed E-state index contributed by atoms with van der Waals surface area (Å²) in [4.78, 5) is 56.3. The fourth-order valence-electron chi connectivity index (χ4n) is 4.70. The number of hydrogen-bond acceptors (Lipinski definition) is 10. The van der Waals surface area contributed by atoms with Gasteiger partial charge in [0, 0.05) is 31.1 Å². The highest BCUT2D eigenvalue weighted by atomic mass is 32.2. The summed E-state index contributed by atoms with van der Waals surface area (Å²) < 4.78 is 76.3. The molecule has 4 amide bonds. The smallest absolute Gasteiger partial charge is 0.444 e. The Bertz CT molecular complexity index is 1660. The molecule has 0 aliphatic heterocycles. The van der Waals surface area contributed by atoms with Crippen LogP contribution in [0, 0.1) is 5.92 Å². The number of nitrogens with zero attached hydrogens (tertiary/aromatic N) is 2. The van der Waals surface area contributed by atoms with E-state index >= 15 is 0 Å². The Morgan fingerprint density at radius 1 is 1.08 bits per heavy atom. The third-order valence-corrected chi connectivity index (χ3v) is 9.59. The maximum absolute atomic E-state index is 13.8. The number of rotatable bonds is 16. The second kappa shape index (κ2) is 17.9. The van der Waals surface area contributed by atoms with Crippen LogP contribution in [0.1, 0.15) is 88.5 Å². The molecule has 284 valence electrons. The second-order valence-corrected chi connectivity index (χ2v) is 15.5. The van der Waals surface area contributed by atoms with E-state index < -0.39 is 63.6 Å². The molecule has 1 aromatic heterocycles. The van der Waals surface area contributed by atoms with Crippen molar-refractivity contribution >= 4 is 50.9 Å². The maximum Gasteiger partial charge on any atom is 0.471 e. The van der Waals surface area contributed by atoms with Crippen LogP contribution in [0.2, 0.25) is 0 Å². The molecule has 0 saturated carbocycles. The van der Waals surface area contributed by atoms with E-state index in [1.165, 1.54) is 22.4 Å². The number of halogens is 3. The summed E-state index contributed by atoms with van der Waals surface area (Å²) in [5.41, 5.74) is -0.415. The van der Waals surface area contributed by atoms with Gasteiger partial charge < -0.3 is 25.0 Å². The van der Waals surface area contributed by atoms with Crippen molar-refractivity contribution in [1.29, 1.82) is 0 Å². The van der Waals surface area contributed by atoms with Crippen molar-refractivity contribution in [3.05, 3.63) is 58.1 Å². The molecule has 1 heterocycles. The molecule has 0 aliphatic carbocycles. The lowest BCUT2D eigenvalue weighted by Gasteiger charge is -2.35. The molecule has 0 saturated heterocycles. The van der Waals surface area contributed by atoms with Gasteiger partial charge in [-0.3, -0.25) is 14.4 Å². The Kier molecular flexibility index (Phi) is 15.2. The molecular formula is C33H46F3N5O8S2. The van der Waals surface area contributed by atoms with Crippen molar-refractivity contribution in [2.24, 2.45) is 5.92 Å². The van der Waals surface area contributed by atoms with Gasteiger partial charge >= 0.3 is 18.2 Å². The average Bonchev–Trinajstić information content (AvgIpc) is 3.50. The van der Waals surface area contributed by atoms with E-state index in [-0.39, 0.29) is 41.8 Å². The number of nitrogens with one attached hydrogen (secondary N) is 3. The summed E-state index contributed by atoms with van der Waals surface area (Å²) in [7, 11) is -2.69. The number of thiazole rings is 1. The van der Waals surface area contributed by atoms with Gasteiger partial charge in [-0.2, -0.15) is 13.2 Å². The molecule has 0 spiro atoms. The first-order valence-electron chi connectivity index (χ1n) is 16.0. The van der Waals surface area contributed by atoms with Crippen molar-refractivity contribution in [1.82, 2.24) is 19.9 Å². The Balaban J connectivity index is 2.19. The van der Waals surface area contributed by atoms with Crippen molar-refractivity contribution in [3.63, 3.8) is 0 Å². The Hall–Kier alpha value is -4.03. The van der Waals surface area contributed by atoms with E-state index in [2.05, 4.69) is 16.9 Å². The van der Waals surface area contributed by atoms with Crippen LogP contribution in [0.4, 0.5) is 23.7 Å². The molecule has 13 nitrogen and oxygen atoms in total. The number of sulfonamides is 1. The zero-order valence-electron chi connectivity index (χ0n) is 29.8. The van der Waals surface area contributed by atoms with Crippen LogP contribution in [0.5, 0.6) is 0 Å². The zero-order valence-corrected chi connectivity index (χ0v) is 31.5. The lowest BCUT2D eigenvalue weighted by atomic mass is 9.95. The Morgan fingerprint density at radius 3 is 2.20 bits per heavy atom. The minimum absolute atomic E-state index is 0.136. The Labute approximate surface area is 300 Å². The van der Waals surface area contributed by atoms with Crippen molar-refractivity contribution in [2.45, 2.75) is 97.0 Å². The summed E-state index contributed by atoms with van der Waals surface area (Å²) in [6.45, 7) is 16.7. The summed E-state index contributed by atoms with van der Waals surface area (Å²) in [5.74, 6) is -4.49. The number of ether oxygens (including phenoxy) is 2. The number of carbonyl (C=O) groups excluding carboxylic acids is 4. The van der Waals surface area contributed by atoms with E-state index in [1.807, 2.05) is 18.6 Å². The van der Waals surface area contributed by atoms with E-state index in [9.17, 15) is 40.8 Å². The molecule has 18 heteroatoms. The number of aromatic nitrogens is 1. The van der Waals surface area contributed by atoms with Crippen LogP contribution in [-0.2, 0) is 34.8 Å². The molecule has 2 rings (SSSR count). The number of carbonyl (C=O) groups is 4. The highest BCUT2D eigenvalue weighted by Gasteiger charge is 2.39. The fraction of sp³-hybridized carbons (Fsp3) is 0.545. The molecule has 1 aromatic carbocycles. The van der Waals surface area contributed by atoms with Crippen LogP contribution in [-0.4, -0.2) is 79.6 Å². The normalized spacial score (nSPS) is 14.4. The molecular weight excluding hydrogens is 716 g/mol. The highest BCUT2D eigenvalue weighted by molar-refractivity contribution is 7.89. The van der Waals surface area contributed by atoms with Gasteiger partial charge in [-0.1, -0.05) is 44.6 Å². The molecule has 0 unspecified atom stereocenters. The zero-order chi connectivity index (χ0) is 38.9. The van der Waals surface area contributed by atoms with Crippen molar-refractivity contribution in [2.75, 3.05) is 19.0 Å². The lowest BCUT2D eigenvalue weighted by molar-refractivity contribution is -0.167. The number of hydrogen-bond donors (Lipinski definition) is 3. The summed E-state index contributed by atoms with van der Waals surface area (Å²) in [6, 6.07) is 3.11. The third-order valence-electron chi connectivity index (χ3n) is 7.44. The van der Waals surface area contributed by atoms with Crippen LogP contribution in [0.25, 0.3) is 0 Å².